The Morgan fingerprint density at radius 2 is 2.06 bits per heavy atom. The van der Waals surface area contributed by atoms with Gasteiger partial charge in [0, 0.05) is 11.1 Å². The average molecular weight is 268 g/mol. The van der Waals surface area contributed by atoms with Crippen molar-refractivity contribution in [3.05, 3.63) is 51.5 Å². The molecule has 2 rings (SSSR count). The minimum absolute atomic E-state index is 0.158. The standard InChI is InChI=1S/C12H10F2N2OS/c1-7-6-18-10(16-7)5-15-12(17)11-8(13)3-2-4-9(11)14/h2-4,6H,5H2,1H3,(H,15,17). The lowest BCUT2D eigenvalue weighted by molar-refractivity contribution is 0.0942. The number of thiazole rings is 1. The summed E-state index contributed by atoms with van der Waals surface area (Å²) < 4.78 is 26.6. The predicted molar refractivity (Wildman–Crippen MR) is 64.4 cm³/mol. The lowest BCUT2D eigenvalue weighted by Gasteiger charge is -2.05. The third-order valence-electron chi connectivity index (χ3n) is 2.26. The highest BCUT2D eigenvalue weighted by atomic mass is 32.1. The van der Waals surface area contributed by atoms with Crippen LogP contribution in [0.4, 0.5) is 8.78 Å². The Hall–Kier alpha value is -1.82. The smallest absolute Gasteiger partial charge is 0.257 e. The van der Waals surface area contributed by atoms with Gasteiger partial charge in [0.15, 0.2) is 0 Å². The van der Waals surface area contributed by atoms with Crippen LogP contribution in [0.3, 0.4) is 0 Å². The van der Waals surface area contributed by atoms with Crippen LogP contribution in [-0.4, -0.2) is 10.9 Å². The monoisotopic (exact) mass is 268 g/mol. The molecule has 0 atom stereocenters. The third-order valence-corrected chi connectivity index (χ3v) is 3.22. The molecule has 1 aromatic heterocycles. The topological polar surface area (TPSA) is 42.0 Å². The van der Waals surface area contributed by atoms with Crippen molar-refractivity contribution in [1.82, 2.24) is 10.3 Å². The maximum absolute atomic E-state index is 13.3. The Bertz CT molecular complexity index is 563. The SMILES string of the molecule is Cc1csc(CNC(=O)c2c(F)cccc2F)n1. The molecule has 0 saturated carbocycles. The molecule has 6 heteroatoms. The number of aromatic nitrogens is 1. The summed E-state index contributed by atoms with van der Waals surface area (Å²) in [6.45, 7) is 1.99. The van der Waals surface area contributed by atoms with Crippen molar-refractivity contribution in [2.24, 2.45) is 0 Å². The molecule has 1 heterocycles. The maximum atomic E-state index is 13.3. The molecule has 1 N–H and O–H groups in total. The first-order valence-corrected chi connectivity index (χ1v) is 6.09. The first-order valence-electron chi connectivity index (χ1n) is 5.21. The van der Waals surface area contributed by atoms with E-state index in [-0.39, 0.29) is 6.54 Å². The molecule has 0 radical (unpaired) electrons. The van der Waals surface area contributed by atoms with Crippen molar-refractivity contribution in [3.8, 4) is 0 Å². The van der Waals surface area contributed by atoms with Crippen molar-refractivity contribution >= 4 is 17.2 Å². The Morgan fingerprint density at radius 3 is 2.61 bits per heavy atom. The zero-order valence-corrected chi connectivity index (χ0v) is 10.4. The molecule has 0 aliphatic heterocycles. The second kappa shape index (κ2) is 5.22. The molecule has 0 saturated heterocycles. The summed E-state index contributed by atoms with van der Waals surface area (Å²) in [5.74, 6) is -2.52. The molecule has 0 fully saturated rings. The van der Waals surface area contributed by atoms with Crippen LogP contribution in [0.25, 0.3) is 0 Å². The number of nitrogens with one attached hydrogen (secondary N) is 1. The maximum Gasteiger partial charge on any atom is 0.257 e. The van der Waals surface area contributed by atoms with E-state index < -0.39 is 23.1 Å². The quantitative estimate of drug-likeness (QED) is 0.929. The van der Waals surface area contributed by atoms with Crippen LogP contribution in [-0.2, 0) is 6.54 Å². The summed E-state index contributed by atoms with van der Waals surface area (Å²) in [5.41, 5.74) is 0.284. The molecule has 1 amide bonds. The summed E-state index contributed by atoms with van der Waals surface area (Å²) in [6, 6.07) is 3.31. The highest BCUT2D eigenvalue weighted by Crippen LogP contribution is 2.13. The predicted octanol–water partition coefficient (Wildman–Crippen LogP) is 2.66. The second-order valence-corrected chi connectivity index (χ2v) is 4.60. The second-order valence-electron chi connectivity index (χ2n) is 3.66. The first-order chi connectivity index (χ1) is 8.58. The fourth-order valence-corrected chi connectivity index (χ4v) is 2.15. The molecular formula is C12H10F2N2OS. The van der Waals surface area contributed by atoms with Gasteiger partial charge in [0.05, 0.1) is 6.54 Å². The Morgan fingerprint density at radius 1 is 1.39 bits per heavy atom. The molecule has 94 valence electrons. The van der Waals surface area contributed by atoms with Crippen LogP contribution in [0.15, 0.2) is 23.6 Å². The van der Waals surface area contributed by atoms with Crippen LogP contribution in [0.1, 0.15) is 21.1 Å². The van der Waals surface area contributed by atoms with E-state index >= 15 is 0 Å². The van der Waals surface area contributed by atoms with Crippen LogP contribution in [0, 0.1) is 18.6 Å². The largest absolute Gasteiger partial charge is 0.345 e. The molecule has 1 aromatic carbocycles. The van der Waals surface area contributed by atoms with E-state index in [4.69, 9.17) is 0 Å². The van der Waals surface area contributed by atoms with Gasteiger partial charge in [-0.1, -0.05) is 6.07 Å². The number of halogens is 2. The number of hydrogen-bond donors (Lipinski definition) is 1. The minimum atomic E-state index is -0.872. The van der Waals surface area contributed by atoms with E-state index in [0.29, 0.717) is 5.01 Å². The summed E-state index contributed by atoms with van der Waals surface area (Å²) in [5, 5.41) is 4.97. The van der Waals surface area contributed by atoms with Gasteiger partial charge in [-0.3, -0.25) is 4.79 Å². The molecule has 0 spiro atoms. The zero-order chi connectivity index (χ0) is 13.1. The number of nitrogens with zero attached hydrogens (tertiary/aromatic N) is 1. The van der Waals surface area contributed by atoms with Gasteiger partial charge in [-0.2, -0.15) is 0 Å². The van der Waals surface area contributed by atoms with Gasteiger partial charge in [0.25, 0.3) is 5.91 Å². The highest BCUT2D eigenvalue weighted by molar-refractivity contribution is 7.09. The molecule has 0 aliphatic rings. The third kappa shape index (κ3) is 2.70. The number of rotatable bonds is 3. The minimum Gasteiger partial charge on any atom is -0.345 e. The van der Waals surface area contributed by atoms with Crippen molar-refractivity contribution < 1.29 is 13.6 Å². The number of amides is 1. The summed E-state index contributed by atoms with van der Waals surface area (Å²) >= 11 is 1.38. The highest BCUT2D eigenvalue weighted by Gasteiger charge is 2.16. The average Bonchev–Trinajstić information content (AvgIpc) is 2.72. The number of hydrogen-bond acceptors (Lipinski definition) is 3. The Balaban J connectivity index is 2.08. The molecule has 0 aliphatic carbocycles. The Labute approximate surface area is 106 Å². The van der Waals surface area contributed by atoms with E-state index in [0.717, 1.165) is 17.8 Å². The van der Waals surface area contributed by atoms with Crippen molar-refractivity contribution in [2.75, 3.05) is 0 Å². The van der Waals surface area contributed by atoms with Crippen LogP contribution in [0.2, 0.25) is 0 Å². The fourth-order valence-electron chi connectivity index (χ4n) is 1.44. The zero-order valence-electron chi connectivity index (χ0n) is 9.54. The van der Waals surface area contributed by atoms with E-state index in [1.54, 1.807) is 0 Å². The van der Waals surface area contributed by atoms with Gasteiger partial charge >= 0.3 is 0 Å². The Kier molecular flexibility index (Phi) is 3.66. The van der Waals surface area contributed by atoms with E-state index in [9.17, 15) is 13.6 Å². The van der Waals surface area contributed by atoms with Gasteiger partial charge in [-0.25, -0.2) is 13.8 Å². The normalized spacial score (nSPS) is 10.4. The first kappa shape index (κ1) is 12.6. The van der Waals surface area contributed by atoms with Gasteiger partial charge in [0.1, 0.15) is 22.2 Å². The summed E-state index contributed by atoms with van der Waals surface area (Å²) in [6.07, 6.45) is 0. The van der Waals surface area contributed by atoms with Crippen LogP contribution in [0.5, 0.6) is 0 Å². The number of aryl methyl sites for hydroxylation is 1. The van der Waals surface area contributed by atoms with Gasteiger partial charge in [-0.15, -0.1) is 11.3 Å². The number of carbonyl (C=O) groups excluding carboxylic acids is 1. The molecule has 3 nitrogen and oxygen atoms in total. The van der Waals surface area contributed by atoms with Gasteiger partial charge < -0.3 is 5.32 Å². The molecule has 0 bridgehead atoms. The number of benzene rings is 1. The van der Waals surface area contributed by atoms with Crippen LogP contribution < -0.4 is 5.32 Å². The van der Waals surface area contributed by atoms with Crippen molar-refractivity contribution in [1.29, 1.82) is 0 Å². The van der Waals surface area contributed by atoms with Gasteiger partial charge in [-0.05, 0) is 19.1 Å². The van der Waals surface area contributed by atoms with Crippen molar-refractivity contribution in [2.45, 2.75) is 13.5 Å². The lowest BCUT2D eigenvalue weighted by Crippen LogP contribution is -2.25. The van der Waals surface area contributed by atoms with Gasteiger partial charge in [0.2, 0.25) is 0 Å². The number of carbonyl (C=O) groups is 1. The molecular weight excluding hydrogens is 258 g/mol. The van der Waals surface area contributed by atoms with Crippen molar-refractivity contribution in [3.63, 3.8) is 0 Å². The summed E-state index contributed by atoms with van der Waals surface area (Å²) in [7, 11) is 0. The lowest BCUT2D eigenvalue weighted by atomic mass is 10.2. The molecule has 0 unspecified atom stereocenters. The fraction of sp³-hybridized carbons (Fsp3) is 0.167. The molecule has 18 heavy (non-hydrogen) atoms. The van der Waals surface area contributed by atoms with Crippen LogP contribution >= 0.6 is 11.3 Å². The van der Waals surface area contributed by atoms with E-state index in [1.165, 1.54) is 17.4 Å². The molecule has 2 aromatic rings. The summed E-state index contributed by atoms with van der Waals surface area (Å²) in [4.78, 5) is 15.8. The van der Waals surface area contributed by atoms with E-state index in [2.05, 4.69) is 10.3 Å². The van der Waals surface area contributed by atoms with E-state index in [1.807, 2.05) is 12.3 Å².